The zero-order chi connectivity index (χ0) is 16.1. The van der Waals surface area contributed by atoms with Crippen LogP contribution in [0.3, 0.4) is 0 Å². The molecule has 0 saturated heterocycles. The fourth-order valence-electron chi connectivity index (χ4n) is 3.21. The lowest BCUT2D eigenvalue weighted by molar-refractivity contribution is -0.121. The van der Waals surface area contributed by atoms with Crippen molar-refractivity contribution in [2.75, 3.05) is 0 Å². The Kier molecular flexibility index (Phi) is 5.00. The lowest BCUT2D eigenvalue weighted by Crippen LogP contribution is -2.29. The van der Waals surface area contributed by atoms with Gasteiger partial charge in [-0.3, -0.25) is 9.78 Å². The van der Waals surface area contributed by atoms with Gasteiger partial charge in [0.2, 0.25) is 5.91 Å². The third-order valence-electron chi connectivity index (χ3n) is 4.45. The molecule has 1 amide bonds. The van der Waals surface area contributed by atoms with Gasteiger partial charge in [0, 0.05) is 24.9 Å². The highest BCUT2D eigenvalue weighted by atomic mass is 16.1. The summed E-state index contributed by atoms with van der Waals surface area (Å²) in [5, 5.41) is 11.3. The monoisotopic (exact) mass is 313 g/mol. The predicted molar refractivity (Wildman–Crippen MR) is 86.6 cm³/mol. The summed E-state index contributed by atoms with van der Waals surface area (Å²) < 4.78 is 2.14. The van der Waals surface area contributed by atoms with E-state index < -0.39 is 0 Å². The van der Waals surface area contributed by atoms with E-state index >= 15 is 0 Å². The average molecular weight is 313 g/mol. The Balaban J connectivity index is 1.55. The highest BCUT2D eigenvalue weighted by molar-refractivity contribution is 5.76. The summed E-state index contributed by atoms with van der Waals surface area (Å²) in [7, 11) is 0. The smallest absolute Gasteiger partial charge is 0.220 e. The molecule has 1 atom stereocenters. The first-order valence-electron chi connectivity index (χ1n) is 8.31. The number of carbonyl (C=O) groups is 1. The molecule has 1 aliphatic carbocycles. The molecule has 3 rings (SSSR count). The molecule has 2 aromatic heterocycles. The topological polar surface area (TPSA) is 72.7 Å². The van der Waals surface area contributed by atoms with Gasteiger partial charge in [0.25, 0.3) is 0 Å². The van der Waals surface area contributed by atoms with Gasteiger partial charge in [-0.25, -0.2) is 0 Å². The number of aromatic nitrogens is 4. The van der Waals surface area contributed by atoms with Crippen molar-refractivity contribution >= 4 is 5.91 Å². The Morgan fingerprint density at radius 2 is 2.26 bits per heavy atom. The first-order valence-corrected chi connectivity index (χ1v) is 8.31. The Hall–Kier alpha value is -2.24. The van der Waals surface area contributed by atoms with Crippen LogP contribution < -0.4 is 5.32 Å². The van der Waals surface area contributed by atoms with E-state index in [0.717, 1.165) is 11.4 Å². The standard InChI is InChI=1S/C17H23N5O/c1-13(17-21-19-12-22(17)15-6-2-3-7-15)20-16(23)9-8-14-5-4-10-18-11-14/h4-5,10-13,15H,2-3,6-9H2,1H3,(H,20,23)/t13-/m0/s1. The van der Waals surface area contributed by atoms with Crippen LogP contribution in [-0.4, -0.2) is 25.7 Å². The van der Waals surface area contributed by atoms with Crippen LogP contribution in [0, 0.1) is 0 Å². The van der Waals surface area contributed by atoms with E-state index in [9.17, 15) is 4.79 Å². The molecule has 1 N–H and O–H groups in total. The quantitative estimate of drug-likeness (QED) is 0.889. The minimum Gasteiger partial charge on any atom is -0.346 e. The molecule has 1 saturated carbocycles. The summed E-state index contributed by atoms with van der Waals surface area (Å²) >= 11 is 0. The van der Waals surface area contributed by atoms with Crippen molar-refractivity contribution in [3.8, 4) is 0 Å². The molecule has 122 valence electrons. The molecule has 6 heteroatoms. The Bertz CT molecular complexity index is 633. The molecule has 0 radical (unpaired) electrons. The van der Waals surface area contributed by atoms with E-state index in [1.54, 1.807) is 18.7 Å². The zero-order valence-electron chi connectivity index (χ0n) is 13.5. The summed E-state index contributed by atoms with van der Waals surface area (Å²) in [6.07, 6.45) is 11.3. The second kappa shape index (κ2) is 7.35. The second-order valence-corrected chi connectivity index (χ2v) is 6.19. The van der Waals surface area contributed by atoms with E-state index in [1.165, 1.54) is 25.7 Å². The Morgan fingerprint density at radius 3 is 3.00 bits per heavy atom. The van der Waals surface area contributed by atoms with Crippen LogP contribution in [0.25, 0.3) is 0 Å². The summed E-state index contributed by atoms with van der Waals surface area (Å²) in [6, 6.07) is 4.23. The third-order valence-corrected chi connectivity index (χ3v) is 4.45. The van der Waals surface area contributed by atoms with Crippen LogP contribution in [0.2, 0.25) is 0 Å². The van der Waals surface area contributed by atoms with E-state index in [-0.39, 0.29) is 11.9 Å². The Morgan fingerprint density at radius 1 is 1.43 bits per heavy atom. The number of hydrogen-bond donors (Lipinski definition) is 1. The maximum atomic E-state index is 12.2. The predicted octanol–water partition coefficient (Wildman–Crippen LogP) is 2.60. The molecule has 2 aromatic rings. The van der Waals surface area contributed by atoms with Gasteiger partial charge < -0.3 is 9.88 Å². The zero-order valence-corrected chi connectivity index (χ0v) is 13.5. The number of nitrogens with one attached hydrogen (secondary N) is 1. The molecule has 0 aliphatic heterocycles. The van der Waals surface area contributed by atoms with Crippen molar-refractivity contribution in [2.24, 2.45) is 0 Å². The molecule has 0 aromatic carbocycles. The van der Waals surface area contributed by atoms with Crippen molar-refractivity contribution in [2.45, 2.75) is 57.5 Å². The minimum atomic E-state index is -0.125. The molecule has 1 fully saturated rings. The molecular formula is C17H23N5O. The summed E-state index contributed by atoms with van der Waals surface area (Å²) in [5.74, 6) is 0.883. The number of hydrogen-bond acceptors (Lipinski definition) is 4. The van der Waals surface area contributed by atoms with Gasteiger partial charge in [-0.05, 0) is 37.8 Å². The number of nitrogens with zero attached hydrogens (tertiary/aromatic N) is 4. The molecule has 23 heavy (non-hydrogen) atoms. The van der Waals surface area contributed by atoms with E-state index in [4.69, 9.17) is 0 Å². The van der Waals surface area contributed by atoms with Crippen LogP contribution in [0.5, 0.6) is 0 Å². The number of carbonyl (C=O) groups excluding carboxylic acids is 1. The van der Waals surface area contributed by atoms with Gasteiger partial charge in [0.05, 0.1) is 6.04 Å². The highest BCUT2D eigenvalue weighted by Gasteiger charge is 2.23. The van der Waals surface area contributed by atoms with Crippen LogP contribution >= 0.6 is 0 Å². The molecule has 0 bridgehead atoms. The summed E-state index contributed by atoms with van der Waals surface area (Å²) in [6.45, 7) is 1.97. The normalized spacial score (nSPS) is 16.4. The molecule has 0 unspecified atom stereocenters. The number of aryl methyl sites for hydroxylation is 1. The van der Waals surface area contributed by atoms with Crippen molar-refractivity contribution in [3.63, 3.8) is 0 Å². The number of amides is 1. The molecule has 0 spiro atoms. The van der Waals surface area contributed by atoms with E-state index in [1.807, 2.05) is 19.1 Å². The molecule has 2 heterocycles. The molecule has 1 aliphatic rings. The molecule has 6 nitrogen and oxygen atoms in total. The van der Waals surface area contributed by atoms with E-state index in [2.05, 4.69) is 25.1 Å². The van der Waals surface area contributed by atoms with Crippen molar-refractivity contribution in [1.29, 1.82) is 0 Å². The minimum absolute atomic E-state index is 0.0299. The van der Waals surface area contributed by atoms with Gasteiger partial charge in [-0.2, -0.15) is 0 Å². The van der Waals surface area contributed by atoms with E-state index in [0.29, 0.717) is 18.9 Å². The lowest BCUT2D eigenvalue weighted by Gasteiger charge is -2.18. The van der Waals surface area contributed by atoms with Crippen molar-refractivity contribution < 1.29 is 4.79 Å². The maximum Gasteiger partial charge on any atom is 0.220 e. The average Bonchev–Trinajstić information content (AvgIpc) is 3.24. The Labute approximate surface area is 136 Å². The fourth-order valence-corrected chi connectivity index (χ4v) is 3.21. The first kappa shape index (κ1) is 15.6. The van der Waals surface area contributed by atoms with Crippen molar-refractivity contribution in [3.05, 3.63) is 42.2 Å². The van der Waals surface area contributed by atoms with Gasteiger partial charge in [-0.1, -0.05) is 18.9 Å². The van der Waals surface area contributed by atoms with Crippen molar-refractivity contribution in [1.82, 2.24) is 25.1 Å². The highest BCUT2D eigenvalue weighted by Crippen LogP contribution is 2.31. The number of rotatable bonds is 6. The van der Waals surface area contributed by atoms with Gasteiger partial charge >= 0.3 is 0 Å². The van der Waals surface area contributed by atoms with Crippen LogP contribution in [0.15, 0.2) is 30.9 Å². The van der Waals surface area contributed by atoms with Gasteiger partial charge in [0.1, 0.15) is 6.33 Å². The lowest BCUT2D eigenvalue weighted by atomic mass is 10.1. The summed E-state index contributed by atoms with van der Waals surface area (Å²) in [4.78, 5) is 16.2. The number of pyridine rings is 1. The fraction of sp³-hybridized carbons (Fsp3) is 0.529. The van der Waals surface area contributed by atoms with Crippen LogP contribution in [0.1, 0.15) is 62.5 Å². The first-order chi connectivity index (χ1) is 11.2. The summed E-state index contributed by atoms with van der Waals surface area (Å²) in [5.41, 5.74) is 1.07. The van der Waals surface area contributed by atoms with Gasteiger partial charge in [-0.15, -0.1) is 10.2 Å². The van der Waals surface area contributed by atoms with Gasteiger partial charge in [0.15, 0.2) is 5.82 Å². The van der Waals surface area contributed by atoms with Crippen LogP contribution in [-0.2, 0) is 11.2 Å². The van der Waals surface area contributed by atoms with Crippen LogP contribution in [0.4, 0.5) is 0 Å². The third kappa shape index (κ3) is 3.94. The maximum absolute atomic E-state index is 12.2. The molecular weight excluding hydrogens is 290 g/mol. The SMILES string of the molecule is C[C@H](NC(=O)CCc1cccnc1)c1nncn1C1CCCC1. The largest absolute Gasteiger partial charge is 0.346 e. The second-order valence-electron chi connectivity index (χ2n) is 6.19.